The Morgan fingerprint density at radius 1 is 1.47 bits per heavy atom. The van der Waals surface area contributed by atoms with Crippen molar-refractivity contribution in [3.8, 4) is 0 Å². The summed E-state index contributed by atoms with van der Waals surface area (Å²) in [6.45, 7) is 8.94. The van der Waals surface area contributed by atoms with Crippen LogP contribution in [0.1, 0.15) is 33.1 Å². The highest BCUT2D eigenvalue weighted by molar-refractivity contribution is 4.79. The molecule has 0 aromatic rings. The van der Waals surface area contributed by atoms with E-state index in [1.807, 2.05) is 0 Å². The zero-order valence-corrected chi connectivity index (χ0v) is 10.5. The molecule has 0 amide bonds. The van der Waals surface area contributed by atoms with Crippen molar-refractivity contribution in [2.45, 2.75) is 45.2 Å². The maximum atomic E-state index is 5.30. The Morgan fingerprint density at radius 2 is 2.27 bits per heavy atom. The lowest BCUT2D eigenvalue weighted by Crippen LogP contribution is -2.44. The third kappa shape index (κ3) is 4.09. The summed E-state index contributed by atoms with van der Waals surface area (Å²) in [5.41, 5.74) is 0. The molecule has 1 fully saturated rings. The molecule has 2 atom stereocenters. The van der Waals surface area contributed by atoms with Gasteiger partial charge in [0, 0.05) is 25.7 Å². The van der Waals surface area contributed by atoms with Gasteiger partial charge in [0.15, 0.2) is 0 Å². The number of hydrogen-bond donors (Lipinski definition) is 1. The smallest absolute Gasteiger partial charge is 0.0617 e. The molecule has 0 saturated carbocycles. The summed E-state index contributed by atoms with van der Waals surface area (Å²) >= 11 is 0. The van der Waals surface area contributed by atoms with Crippen molar-refractivity contribution in [3.05, 3.63) is 0 Å². The second kappa shape index (κ2) is 7.20. The lowest BCUT2D eigenvalue weighted by molar-refractivity contribution is 0.0860. The Balaban J connectivity index is 2.48. The topological polar surface area (TPSA) is 24.5 Å². The van der Waals surface area contributed by atoms with Crippen molar-refractivity contribution >= 4 is 0 Å². The predicted molar refractivity (Wildman–Crippen MR) is 64.2 cm³/mol. The second-order valence-corrected chi connectivity index (χ2v) is 4.43. The molecular weight excluding hydrogens is 188 g/mol. The number of nitrogens with one attached hydrogen (secondary N) is 1. The lowest BCUT2D eigenvalue weighted by atomic mass is 10.1. The van der Waals surface area contributed by atoms with E-state index in [0.717, 1.165) is 6.61 Å². The van der Waals surface area contributed by atoms with E-state index >= 15 is 0 Å². The van der Waals surface area contributed by atoms with Gasteiger partial charge in [-0.05, 0) is 32.4 Å². The first-order valence-electron chi connectivity index (χ1n) is 6.28. The SMILES string of the molecule is CCC1CN(C(CC)COC)CCCN1. The average molecular weight is 214 g/mol. The highest BCUT2D eigenvalue weighted by Crippen LogP contribution is 2.10. The molecule has 0 bridgehead atoms. The van der Waals surface area contributed by atoms with Gasteiger partial charge >= 0.3 is 0 Å². The van der Waals surface area contributed by atoms with Gasteiger partial charge in [-0.2, -0.15) is 0 Å². The monoisotopic (exact) mass is 214 g/mol. The van der Waals surface area contributed by atoms with Crippen LogP contribution in [0.15, 0.2) is 0 Å². The van der Waals surface area contributed by atoms with Gasteiger partial charge in [-0.15, -0.1) is 0 Å². The van der Waals surface area contributed by atoms with E-state index in [1.165, 1.54) is 38.9 Å². The first-order valence-corrected chi connectivity index (χ1v) is 6.28. The molecule has 3 heteroatoms. The molecule has 0 spiro atoms. The standard InChI is InChI=1S/C12H26N2O/c1-4-11-9-14(8-6-7-13-11)12(5-2)10-15-3/h11-13H,4-10H2,1-3H3. The molecule has 0 aliphatic carbocycles. The van der Waals surface area contributed by atoms with Gasteiger partial charge in [0.05, 0.1) is 6.61 Å². The quantitative estimate of drug-likeness (QED) is 0.750. The fourth-order valence-corrected chi connectivity index (χ4v) is 2.31. The predicted octanol–water partition coefficient (Wildman–Crippen LogP) is 1.49. The lowest BCUT2D eigenvalue weighted by Gasteiger charge is -2.31. The molecule has 1 saturated heterocycles. The van der Waals surface area contributed by atoms with Crippen LogP contribution in [0.5, 0.6) is 0 Å². The first-order chi connectivity index (χ1) is 7.31. The van der Waals surface area contributed by atoms with Gasteiger partial charge in [0.2, 0.25) is 0 Å². The molecule has 1 N–H and O–H groups in total. The van der Waals surface area contributed by atoms with Crippen molar-refractivity contribution in [2.75, 3.05) is 33.4 Å². The number of hydrogen-bond acceptors (Lipinski definition) is 3. The minimum atomic E-state index is 0.601. The van der Waals surface area contributed by atoms with Crippen LogP contribution in [-0.2, 0) is 4.74 Å². The molecule has 1 heterocycles. The summed E-state index contributed by atoms with van der Waals surface area (Å²) < 4.78 is 5.30. The summed E-state index contributed by atoms with van der Waals surface area (Å²) in [5.74, 6) is 0. The molecule has 2 unspecified atom stereocenters. The second-order valence-electron chi connectivity index (χ2n) is 4.43. The Morgan fingerprint density at radius 3 is 2.87 bits per heavy atom. The Hall–Kier alpha value is -0.120. The van der Waals surface area contributed by atoms with Gasteiger partial charge in [-0.3, -0.25) is 4.90 Å². The van der Waals surface area contributed by atoms with Crippen molar-refractivity contribution in [2.24, 2.45) is 0 Å². The van der Waals surface area contributed by atoms with Gasteiger partial charge in [-0.25, -0.2) is 0 Å². The highest BCUT2D eigenvalue weighted by atomic mass is 16.5. The van der Waals surface area contributed by atoms with Crippen molar-refractivity contribution in [1.82, 2.24) is 10.2 Å². The molecule has 90 valence electrons. The zero-order chi connectivity index (χ0) is 11.1. The van der Waals surface area contributed by atoms with Crippen LogP contribution in [0, 0.1) is 0 Å². The number of nitrogens with zero attached hydrogens (tertiary/aromatic N) is 1. The largest absolute Gasteiger partial charge is 0.383 e. The molecule has 1 aliphatic heterocycles. The molecule has 0 aromatic carbocycles. The third-order valence-corrected chi connectivity index (χ3v) is 3.35. The fourth-order valence-electron chi connectivity index (χ4n) is 2.31. The maximum absolute atomic E-state index is 5.30. The van der Waals surface area contributed by atoms with Crippen molar-refractivity contribution < 1.29 is 4.74 Å². The molecule has 1 aliphatic rings. The van der Waals surface area contributed by atoms with E-state index in [2.05, 4.69) is 24.1 Å². The zero-order valence-electron chi connectivity index (χ0n) is 10.5. The summed E-state index contributed by atoms with van der Waals surface area (Å²) in [6.07, 6.45) is 3.67. The van der Waals surface area contributed by atoms with Gasteiger partial charge in [-0.1, -0.05) is 13.8 Å². The Kier molecular flexibility index (Phi) is 6.22. The van der Waals surface area contributed by atoms with Crippen molar-refractivity contribution in [1.29, 1.82) is 0 Å². The van der Waals surface area contributed by atoms with E-state index in [0.29, 0.717) is 12.1 Å². The van der Waals surface area contributed by atoms with Crippen molar-refractivity contribution in [3.63, 3.8) is 0 Å². The van der Waals surface area contributed by atoms with E-state index in [-0.39, 0.29) is 0 Å². The molecule has 15 heavy (non-hydrogen) atoms. The molecule has 0 radical (unpaired) electrons. The fraction of sp³-hybridized carbons (Fsp3) is 1.00. The maximum Gasteiger partial charge on any atom is 0.0617 e. The Bertz CT molecular complexity index is 164. The van der Waals surface area contributed by atoms with E-state index in [1.54, 1.807) is 7.11 Å². The summed E-state index contributed by atoms with van der Waals surface area (Å²) in [6, 6.07) is 1.27. The molecule has 3 nitrogen and oxygen atoms in total. The molecular formula is C12H26N2O. The average Bonchev–Trinajstić information content (AvgIpc) is 2.51. The minimum Gasteiger partial charge on any atom is -0.383 e. The number of rotatable bonds is 5. The first kappa shape index (κ1) is 12.9. The molecule has 1 rings (SSSR count). The van der Waals surface area contributed by atoms with Crippen LogP contribution >= 0.6 is 0 Å². The van der Waals surface area contributed by atoms with Gasteiger partial charge in [0.25, 0.3) is 0 Å². The third-order valence-electron chi connectivity index (χ3n) is 3.35. The summed E-state index contributed by atoms with van der Waals surface area (Å²) in [7, 11) is 1.80. The van der Waals surface area contributed by atoms with E-state index in [9.17, 15) is 0 Å². The number of methoxy groups -OCH3 is 1. The van der Waals surface area contributed by atoms with Gasteiger partial charge < -0.3 is 10.1 Å². The summed E-state index contributed by atoms with van der Waals surface area (Å²) in [4.78, 5) is 2.59. The minimum absolute atomic E-state index is 0.601. The number of ether oxygens (including phenoxy) is 1. The normalized spacial score (nSPS) is 26.2. The van der Waals surface area contributed by atoms with Crippen LogP contribution in [0.2, 0.25) is 0 Å². The highest BCUT2D eigenvalue weighted by Gasteiger charge is 2.21. The van der Waals surface area contributed by atoms with E-state index < -0.39 is 0 Å². The van der Waals surface area contributed by atoms with Crippen LogP contribution < -0.4 is 5.32 Å². The summed E-state index contributed by atoms with van der Waals surface area (Å²) in [5, 5.41) is 3.60. The van der Waals surface area contributed by atoms with E-state index in [4.69, 9.17) is 4.74 Å². The van der Waals surface area contributed by atoms with Gasteiger partial charge in [0.1, 0.15) is 0 Å². The Labute approximate surface area is 94.2 Å². The van der Waals surface area contributed by atoms with Crippen LogP contribution in [0.25, 0.3) is 0 Å². The van der Waals surface area contributed by atoms with Crippen LogP contribution in [0.4, 0.5) is 0 Å². The molecule has 0 aromatic heterocycles. The van der Waals surface area contributed by atoms with Crippen LogP contribution in [0.3, 0.4) is 0 Å². The van der Waals surface area contributed by atoms with Crippen LogP contribution in [-0.4, -0.2) is 50.3 Å².